The van der Waals surface area contributed by atoms with Gasteiger partial charge in [0, 0.05) is 5.56 Å². The van der Waals surface area contributed by atoms with Crippen molar-refractivity contribution in [1.29, 1.82) is 0 Å². The van der Waals surface area contributed by atoms with Gasteiger partial charge in [-0.25, -0.2) is 8.42 Å². The van der Waals surface area contributed by atoms with Crippen LogP contribution < -0.4 is 15.2 Å². The molecule has 0 aliphatic rings. The van der Waals surface area contributed by atoms with Crippen molar-refractivity contribution in [3.63, 3.8) is 0 Å². The molecule has 3 N–H and O–H groups in total. The third kappa shape index (κ3) is 3.89. The third-order valence-corrected chi connectivity index (χ3v) is 4.69. The Bertz CT molecular complexity index is 635. The highest BCUT2D eigenvalue weighted by molar-refractivity contribution is 7.94. The Hall–Kier alpha value is -1.71. The third-order valence-electron chi connectivity index (χ3n) is 2.58. The lowest BCUT2D eigenvalue weighted by atomic mass is 10.2. The quantitative estimate of drug-likeness (QED) is 0.829. The lowest BCUT2D eigenvalue weighted by Crippen LogP contribution is -2.33. The summed E-state index contributed by atoms with van der Waals surface area (Å²) in [5.41, 5.74) is 6.36. The number of nitrogens with one attached hydrogen (secondary N) is 1. The van der Waals surface area contributed by atoms with Crippen LogP contribution in [0, 0.1) is 11.8 Å². The van der Waals surface area contributed by atoms with E-state index in [-0.39, 0.29) is 6.54 Å². The van der Waals surface area contributed by atoms with E-state index in [9.17, 15) is 8.42 Å². The Labute approximate surface area is 120 Å². The largest absolute Gasteiger partial charge is 0.495 e. The Balaban J connectivity index is 3.22. The molecule has 0 spiro atoms. The van der Waals surface area contributed by atoms with Crippen molar-refractivity contribution in [3.8, 4) is 17.6 Å². The summed E-state index contributed by atoms with van der Waals surface area (Å²) in [5.74, 6) is 6.02. The Morgan fingerprint density at radius 2 is 2.00 bits per heavy atom. The van der Waals surface area contributed by atoms with Gasteiger partial charge in [-0.1, -0.05) is 11.8 Å². The van der Waals surface area contributed by atoms with Crippen molar-refractivity contribution in [2.45, 2.75) is 25.5 Å². The maximum Gasteiger partial charge on any atom is 0.237 e. The SMILES string of the molecule is COc1ccc(C#CCN)cc1NS(=O)(=O)C(C)(C)C. The number of benzene rings is 1. The standard InChI is InChI=1S/C14H20N2O3S/c1-14(2,3)20(17,18)16-12-10-11(6-5-9-15)7-8-13(12)19-4/h7-8,10,16H,9,15H2,1-4H3. The number of methoxy groups -OCH3 is 1. The van der Waals surface area contributed by atoms with Gasteiger partial charge >= 0.3 is 0 Å². The monoisotopic (exact) mass is 296 g/mol. The van der Waals surface area contributed by atoms with Crippen LogP contribution in [0.25, 0.3) is 0 Å². The first-order valence-corrected chi connectivity index (χ1v) is 7.59. The molecule has 0 atom stereocenters. The van der Waals surface area contributed by atoms with Crippen LogP contribution in [0.4, 0.5) is 5.69 Å². The normalized spacial score (nSPS) is 11.4. The smallest absolute Gasteiger partial charge is 0.237 e. The number of hydrogen-bond donors (Lipinski definition) is 2. The maximum atomic E-state index is 12.2. The van der Waals surface area contributed by atoms with Crippen molar-refractivity contribution in [2.24, 2.45) is 5.73 Å². The van der Waals surface area contributed by atoms with Gasteiger partial charge in [-0.15, -0.1) is 0 Å². The average Bonchev–Trinajstić information content (AvgIpc) is 2.34. The molecule has 0 bridgehead atoms. The maximum absolute atomic E-state index is 12.2. The van der Waals surface area contributed by atoms with E-state index >= 15 is 0 Å². The molecule has 6 heteroatoms. The summed E-state index contributed by atoms with van der Waals surface area (Å²) >= 11 is 0. The number of hydrogen-bond acceptors (Lipinski definition) is 4. The predicted molar refractivity (Wildman–Crippen MR) is 81.2 cm³/mol. The fraction of sp³-hybridized carbons (Fsp3) is 0.429. The molecular weight excluding hydrogens is 276 g/mol. The van der Waals surface area contributed by atoms with Gasteiger partial charge in [0.15, 0.2) is 0 Å². The first-order chi connectivity index (χ1) is 9.21. The molecule has 0 saturated heterocycles. The second-order valence-electron chi connectivity index (χ2n) is 5.14. The van der Waals surface area contributed by atoms with E-state index in [1.807, 2.05) is 0 Å². The molecule has 0 unspecified atom stereocenters. The van der Waals surface area contributed by atoms with Gasteiger partial charge in [0.2, 0.25) is 10.0 Å². The molecule has 0 aliphatic carbocycles. The van der Waals surface area contributed by atoms with Crippen LogP contribution in [-0.4, -0.2) is 26.8 Å². The molecule has 0 aromatic heterocycles. The van der Waals surface area contributed by atoms with Crippen LogP contribution in [0.1, 0.15) is 26.3 Å². The van der Waals surface area contributed by atoms with Gasteiger partial charge in [-0.3, -0.25) is 4.72 Å². The van der Waals surface area contributed by atoms with E-state index in [2.05, 4.69) is 16.6 Å². The van der Waals surface area contributed by atoms with Crippen LogP contribution in [0.3, 0.4) is 0 Å². The minimum atomic E-state index is -3.52. The molecule has 0 saturated carbocycles. The van der Waals surface area contributed by atoms with E-state index in [1.54, 1.807) is 39.0 Å². The van der Waals surface area contributed by atoms with Gasteiger partial charge in [-0.05, 0) is 39.0 Å². The van der Waals surface area contributed by atoms with Crippen molar-refractivity contribution in [3.05, 3.63) is 23.8 Å². The van der Waals surface area contributed by atoms with Crippen LogP contribution >= 0.6 is 0 Å². The topological polar surface area (TPSA) is 81.4 Å². The van der Waals surface area contributed by atoms with Crippen molar-refractivity contribution < 1.29 is 13.2 Å². The predicted octanol–water partition coefficient (Wildman–Crippen LogP) is 1.55. The summed E-state index contributed by atoms with van der Waals surface area (Å²) in [7, 11) is -2.04. The summed E-state index contributed by atoms with van der Waals surface area (Å²) in [6.07, 6.45) is 0. The summed E-state index contributed by atoms with van der Waals surface area (Å²) in [5, 5.41) is 0. The molecule has 110 valence electrons. The zero-order valence-corrected chi connectivity index (χ0v) is 13.0. The van der Waals surface area contributed by atoms with E-state index in [1.165, 1.54) is 7.11 Å². The molecule has 20 heavy (non-hydrogen) atoms. The fourth-order valence-electron chi connectivity index (χ4n) is 1.32. The number of rotatable bonds is 3. The minimum absolute atomic E-state index is 0.245. The molecule has 0 amide bonds. The highest BCUT2D eigenvalue weighted by Gasteiger charge is 2.29. The highest BCUT2D eigenvalue weighted by atomic mass is 32.2. The van der Waals surface area contributed by atoms with E-state index in [4.69, 9.17) is 10.5 Å². The number of nitrogens with two attached hydrogens (primary N) is 1. The van der Waals surface area contributed by atoms with Crippen LogP contribution in [0.15, 0.2) is 18.2 Å². The second-order valence-corrected chi connectivity index (χ2v) is 7.57. The van der Waals surface area contributed by atoms with Gasteiger partial charge in [-0.2, -0.15) is 0 Å². The molecule has 5 nitrogen and oxygen atoms in total. The lowest BCUT2D eigenvalue weighted by molar-refractivity contribution is 0.417. The van der Waals surface area contributed by atoms with Gasteiger partial charge in [0.1, 0.15) is 5.75 Å². The van der Waals surface area contributed by atoms with Crippen molar-refractivity contribution >= 4 is 15.7 Å². The fourth-order valence-corrected chi connectivity index (χ4v) is 2.07. The van der Waals surface area contributed by atoms with E-state index in [0.29, 0.717) is 17.0 Å². The molecule has 1 aromatic carbocycles. The van der Waals surface area contributed by atoms with Crippen LogP contribution in [-0.2, 0) is 10.0 Å². The Morgan fingerprint density at radius 3 is 2.50 bits per heavy atom. The molecule has 1 rings (SSSR count). The highest BCUT2D eigenvalue weighted by Crippen LogP contribution is 2.28. The van der Waals surface area contributed by atoms with Gasteiger partial charge in [0.05, 0.1) is 24.1 Å². The number of ether oxygens (including phenoxy) is 1. The lowest BCUT2D eigenvalue weighted by Gasteiger charge is -2.21. The van der Waals surface area contributed by atoms with E-state index < -0.39 is 14.8 Å². The summed E-state index contributed by atoms with van der Waals surface area (Å²) in [6, 6.07) is 5.04. The Morgan fingerprint density at radius 1 is 1.35 bits per heavy atom. The zero-order chi connectivity index (χ0) is 15.4. The molecular formula is C14H20N2O3S. The first kappa shape index (κ1) is 16.3. The second kappa shape index (κ2) is 6.16. The minimum Gasteiger partial charge on any atom is -0.495 e. The zero-order valence-electron chi connectivity index (χ0n) is 12.1. The summed E-state index contributed by atoms with van der Waals surface area (Å²) in [4.78, 5) is 0. The van der Waals surface area contributed by atoms with Crippen molar-refractivity contribution in [1.82, 2.24) is 0 Å². The van der Waals surface area contributed by atoms with Crippen LogP contribution in [0.5, 0.6) is 5.75 Å². The molecule has 0 radical (unpaired) electrons. The summed E-state index contributed by atoms with van der Waals surface area (Å²) in [6.45, 7) is 5.12. The summed E-state index contributed by atoms with van der Waals surface area (Å²) < 4.78 is 31.2. The Kier molecular flexibility index (Phi) is 5.03. The molecule has 0 heterocycles. The van der Waals surface area contributed by atoms with Gasteiger partial charge in [0.25, 0.3) is 0 Å². The first-order valence-electron chi connectivity index (χ1n) is 6.10. The van der Waals surface area contributed by atoms with E-state index in [0.717, 1.165) is 0 Å². The number of sulfonamides is 1. The van der Waals surface area contributed by atoms with Gasteiger partial charge < -0.3 is 10.5 Å². The molecule has 1 aromatic rings. The molecule has 0 fully saturated rings. The van der Waals surface area contributed by atoms with Crippen molar-refractivity contribution in [2.75, 3.05) is 18.4 Å². The number of anilines is 1. The van der Waals surface area contributed by atoms with Crippen LogP contribution in [0.2, 0.25) is 0 Å². The molecule has 0 aliphatic heterocycles. The average molecular weight is 296 g/mol.